The van der Waals surface area contributed by atoms with Crippen molar-refractivity contribution in [3.05, 3.63) is 72.8 Å². The number of carbonyl (C=O) groups is 1. The lowest BCUT2D eigenvalue weighted by Crippen LogP contribution is -2.41. The molecule has 1 amide bonds. The molecule has 31 heavy (non-hydrogen) atoms. The lowest BCUT2D eigenvalue weighted by atomic mass is 9.96. The first-order chi connectivity index (χ1) is 15.3. The Morgan fingerprint density at radius 3 is 2.32 bits per heavy atom. The van der Waals surface area contributed by atoms with Gasteiger partial charge in [0.15, 0.2) is 11.6 Å². The molecule has 2 N–H and O–H groups in total. The van der Waals surface area contributed by atoms with Gasteiger partial charge in [-0.3, -0.25) is 4.79 Å². The van der Waals surface area contributed by atoms with Gasteiger partial charge >= 0.3 is 0 Å². The number of carbonyl (C=O) groups excluding carboxylic acids is 1. The van der Waals surface area contributed by atoms with Crippen molar-refractivity contribution < 1.29 is 9.53 Å². The number of hydrogen-bond donors (Lipinski definition) is 2. The first kappa shape index (κ1) is 20.7. The van der Waals surface area contributed by atoms with Gasteiger partial charge in [-0.1, -0.05) is 36.4 Å². The molecule has 0 radical (unpaired) electrons. The number of aromatic nitrogens is 2. The third-order valence-electron chi connectivity index (χ3n) is 5.30. The van der Waals surface area contributed by atoms with E-state index in [1.807, 2.05) is 72.8 Å². The van der Waals surface area contributed by atoms with Crippen molar-refractivity contribution >= 4 is 23.2 Å². The van der Waals surface area contributed by atoms with E-state index in [1.165, 1.54) is 0 Å². The molecule has 1 fully saturated rings. The van der Waals surface area contributed by atoms with E-state index in [-0.39, 0.29) is 11.8 Å². The summed E-state index contributed by atoms with van der Waals surface area (Å²) in [6, 6.07) is 23.4. The number of nitrogens with one attached hydrogen (secondary N) is 2. The summed E-state index contributed by atoms with van der Waals surface area (Å²) >= 11 is 0. The van der Waals surface area contributed by atoms with Gasteiger partial charge in [-0.15, -0.1) is 10.2 Å². The molecule has 0 atom stereocenters. The first-order valence-corrected chi connectivity index (χ1v) is 10.6. The first-order valence-electron chi connectivity index (χ1n) is 10.6. The van der Waals surface area contributed by atoms with Crippen LogP contribution in [0.15, 0.2) is 72.8 Å². The second-order valence-electron chi connectivity index (χ2n) is 7.48. The summed E-state index contributed by atoms with van der Waals surface area (Å²) in [5.74, 6) is 2.50. The lowest BCUT2D eigenvalue weighted by molar-refractivity contribution is -0.125. The maximum absolute atomic E-state index is 12.4. The number of nitrogens with zero attached hydrogens (tertiary/aromatic N) is 3. The number of ether oxygens (including phenoxy) is 1. The highest BCUT2D eigenvalue weighted by molar-refractivity contribution is 5.79. The molecule has 0 unspecified atom stereocenters. The number of hydrogen-bond acceptors (Lipinski definition) is 6. The molecule has 0 bridgehead atoms. The normalized spacial score (nSPS) is 14.1. The van der Waals surface area contributed by atoms with Gasteiger partial charge in [-0.25, -0.2) is 0 Å². The van der Waals surface area contributed by atoms with E-state index in [0.717, 1.165) is 43.2 Å². The molecule has 0 spiro atoms. The van der Waals surface area contributed by atoms with E-state index in [1.54, 1.807) is 0 Å². The molecule has 3 aromatic rings. The zero-order valence-corrected chi connectivity index (χ0v) is 17.4. The maximum Gasteiger partial charge on any atom is 0.223 e. The molecule has 7 nitrogen and oxygen atoms in total. The molecule has 1 aliphatic heterocycles. The van der Waals surface area contributed by atoms with Crippen LogP contribution in [0, 0.1) is 5.92 Å². The van der Waals surface area contributed by atoms with E-state index in [0.29, 0.717) is 19.0 Å². The van der Waals surface area contributed by atoms with Gasteiger partial charge in [0.05, 0.1) is 6.54 Å². The van der Waals surface area contributed by atoms with E-state index in [2.05, 4.69) is 25.7 Å². The van der Waals surface area contributed by atoms with Crippen molar-refractivity contribution in [2.75, 3.05) is 36.5 Å². The van der Waals surface area contributed by atoms with Gasteiger partial charge in [0, 0.05) is 24.7 Å². The van der Waals surface area contributed by atoms with Crippen molar-refractivity contribution in [2.45, 2.75) is 12.8 Å². The second-order valence-corrected chi connectivity index (χ2v) is 7.48. The molecular weight excluding hydrogens is 390 g/mol. The van der Waals surface area contributed by atoms with E-state index >= 15 is 0 Å². The van der Waals surface area contributed by atoms with Crippen LogP contribution in [0.4, 0.5) is 17.3 Å². The van der Waals surface area contributed by atoms with Crippen LogP contribution in [-0.4, -0.2) is 42.3 Å². The third kappa shape index (κ3) is 5.94. The van der Waals surface area contributed by atoms with Crippen LogP contribution in [0.5, 0.6) is 5.75 Å². The summed E-state index contributed by atoms with van der Waals surface area (Å²) in [4.78, 5) is 14.6. The Bertz CT molecular complexity index is 943. The highest BCUT2D eigenvalue weighted by Gasteiger charge is 2.25. The lowest BCUT2D eigenvalue weighted by Gasteiger charge is -2.31. The number of piperidine rings is 1. The topological polar surface area (TPSA) is 79.4 Å². The summed E-state index contributed by atoms with van der Waals surface area (Å²) in [6.45, 7) is 2.56. The Labute approximate surface area is 182 Å². The minimum Gasteiger partial charge on any atom is -0.492 e. The van der Waals surface area contributed by atoms with Crippen LogP contribution >= 0.6 is 0 Å². The number of anilines is 3. The molecule has 1 aliphatic rings. The zero-order valence-electron chi connectivity index (χ0n) is 17.4. The minimum absolute atomic E-state index is 0.0277. The average Bonchev–Trinajstić information content (AvgIpc) is 2.84. The fourth-order valence-electron chi connectivity index (χ4n) is 3.60. The van der Waals surface area contributed by atoms with Crippen LogP contribution < -0.4 is 20.3 Å². The highest BCUT2D eigenvalue weighted by Crippen LogP contribution is 2.23. The van der Waals surface area contributed by atoms with Gasteiger partial charge in [-0.2, -0.15) is 0 Å². The van der Waals surface area contributed by atoms with Crippen LogP contribution in [0.3, 0.4) is 0 Å². The van der Waals surface area contributed by atoms with Crippen molar-refractivity contribution in [1.29, 1.82) is 0 Å². The van der Waals surface area contributed by atoms with E-state index in [9.17, 15) is 4.79 Å². The standard InChI is InChI=1S/C24H27N5O2/c30-24(25-15-18-31-21-9-5-2-6-10-21)19-13-16-29(17-14-19)23-12-11-22(27-28-23)26-20-7-3-1-4-8-20/h1-12,19H,13-18H2,(H,25,30)(H,26,27). The van der Waals surface area contributed by atoms with Crippen molar-refractivity contribution in [3.63, 3.8) is 0 Å². The number of rotatable bonds is 8. The van der Waals surface area contributed by atoms with Crippen LogP contribution in [0.2, 0.25) is 0 Å². The maximum atomic E-state index is 12.4. The predicted octanol–water partition coefficient (Wildman–Crippen LogP) is 3.63. The average molecular weight is 418 g/mol. The minimum atomic E-state index is 0.0277. The smallest absolute Gasteiger partial charge is 0.223 e. The highest BCUT2D eigenvalue weighted by atomic mass is 16.5. The van der Waals surface area contributed by atoms with Gasteiger partial charge in [0.25, 0.3) is 0 Å². The van der Waals surface area contributed by atoms with Crippen LogP contribution in [0.1, 0.15) is 12.8 Å². The quantitative estimate of drug-likeness (QED) is 0.545. The summed E-state index contributed by atoms with van der Waals surface area (Å²) in [5.41, 5.74) is 0.977. The van der Waals surface area contributed by atoms with Gasteiger partial charge in [0.2, 0.25) is 5.91 Å². The molecule has 1 saturated heterocycles. The molecule has 2 heterocycles. The number of benzene rings is 2. The monoisotopic (exact) mass is 417 g/mol. The number of para-hydroxylation sites is 2. The van der Waals surface area contributed by atoms with Gasteiger partial charge in [0.1, 0.15) is 12.4 Å². The molecule has 0 saturated carbocycles. The fraction of sp³-hybridized carbons (Fsp3) is 0.292. The Morgan fingerprint density at radius 2 is 1.65 bits per heavy atom. The number of amides is 1. The molecule has 0 aliphatic carbocycles. The Hall–Kier alpha value is -3.61. The molecule has 160 valence electrons. The summed E-state index contributed by atoms with van der Waals surface area (Å²) in [5, 5.41) is 14.9. The Balaban J connectivity index is 1.19. The molecular formula is C24H27N5O2. The van der Waals surface area contributed by atoms with E-state index < -0.39 is 0 Å². The summed E-state index contributed by atoms with van der Waals surface area (Å²) in [7, 11) is 0. The summed E-state index contributed by atoms with van der Waals surface area (Å²) in [6.07, 6.45) is 1.61. The van der Waals surface area contributed by atoms with Crippen LogP contribution in [0.25, 0.3) is 0 Å². The summed E-state index contributed by atoms with van der Waals surface area (Å²) < 4.78 is 5.62. The fourth-order valence-corrected chi connectivity index (χ4v) is 3.60. The predicted molar refractivity (Wildman–Crippen MR) is 122 cm³/mol. The van der Waals surface area contributed by atoms with E-state index in [4.69, 9.17) is 4.74 Å². The van der Waals surface area contributed by atoms with Crippen molar-refractivity contribution in [1.82, 2.24) is 15.5 Å². The van der Waals surface area contributed by atoms with Crippen LogP contribution in [-0.2, 0) is 4.79 Å². The molecule has 4 rings (SSSR count). The SMILES string of the molecule is O=C(NCCOc1ccccc1)C1CCN(c2ccc(Nc3ccccc3)nn2)CC1. The van der Waals surface area contributed by atoms with Crippen molar-refractivity contribution in [2.24, 2.45) is 5.92 Å². The van der Waals surface area contributed by atoms with Gasteiger partial charge in [-0.05, 0) is 49.2 Å². The largest absolute Gasteiger partial charge is 0.492 e. The third-order valence-corrected chi connectivity index (χ3v) is 5.30. The Kier molecular flexibility index (Phi) is 6.95. The molecule has 7 heteroatoms. The van der Waals surface area contributed by atoms with Gasteiger partial charge < -0.3 is 20.3 Å². The second kappa shape index (κ2) is 10.4. The molecule has 1 aromatic heterocycles. The van der Waals surface area contributed by atoms with Crippen molar-refractivity contribution in [3.8, 4) is 5.75 Å². The molecule has 2 aromatic carbocycles. The zero-order chi connectivity index (χ0) is 21.3. The Morgan fingerprint density at radius 1 is 0.935 bits per heavy atom.